The van der Waals surface area contributed by atoms with Gasteiger partial charge in [0, 0.05) is 17.3 Å². The Morgan fingerprint density at radius 1 is 1.00 bits per heavy atom. The van der Waals surface area contributed by atoms with Gasteiger partial charge in [0.2, 0.25) is 5.91 Å². The van der Waals surface area contributed by atoms with Crippen molar-refractivity contribution in [2.75, 3.05) is 11.9 Å². The summed E-state index contributed by atoms with van der Waals surface area (Å²) in [5.74, 6) is 0.547. The van der Waals surface area contributed by atoms with Gasteiger partial charge in [-0.2, -0.15) is 0 Å². The first-order valence-corrected chi connectivity index (χ1v) is 11.0. The van der Waals surface area contributed by atoms with Gasteiger partial charge in [-0.15, -0.1) is 0 Å². The fourth-order valence-corrected chi connectivity index (χ4v) is 4.37. The van der Waals surface area contributed by atoms with E-state index >= 15 is 0 Å². The fraction of sp³-hybridized carbons (Fsp3) is 0.440. The third-order valence-electron chi connectivity index (χ3n) is 6.08. The van der Waals surface area contributed by atoms with Crippen LogP contribution in [0.15, 0.2) is 42.5 Å². The summed E-state index contributed by atoms with van der Waals surface area (Å²) < 4.78 is 5.86. The molecule has 158 valence electrons. The van der Waals surface area contributed by atoms with Crippen molar-refractivity contribution >= 4 is 17.5 Å². The van der Waals surface area contributed by atoms with E-state index < -0.39 is 0 Å². The van der Waals surface area contributed by atoms with E-state index in [1.54, 1.807) is 6.07 Å². The van der Waals surface area contributed by atoms with Gasteiger partial charge in [0.05, 0.1) is 5.92 Å². The Morgan fingerprint density at radius 2 is 1.80 bits per heavy atom. The lowest BCUT2D eigenvalue weighted by molar-refractivity contribution is -0.127. The lowest BCUT2D eigenvalue weighted by Crippen LogP contribution is -2.42. The summed E-state index contributed by atoms with van der Waals surface area (Å²) in [6.45, 7) is 2.37. The third kappa shape index (κ3) is 5.02. The van der Waals surface area contributed by atoms with Gasteiger partial charge in [0.25, 0.3) is 5.91 Å². The molecule has 1 aliphatic heterocycles. The van der Waals surface area contributed by atoms with Crippen LogP contribution in [0.1, 0.15) is 60.0 Å². The van der Waals surface area contributed by atoms with Gasteiger partial charge in [-0.05, 0) is 62.1 Å². The van der Waals surface area contributed by atoms with E-state index in [1.165, 1.54) is 25.7 Å². The Bertz CT molecular complexity index is 916. The molecule has 0 aromatic heterocycles. The van der Waals surface area contributed by atoms with Crippen molar-refractivity contribution in [1.82, 2.24) is 5.32 Å². The van der Waals surface area contributed by atoms with E-state index in [1.807, 2.05) is 43.3 Å². The van der Waals surface area contributed by atoms with Crippen molar-refractivity contribution in [3.63, 3.8) is 0 Å². The van der Waals surface area contributed by atoms with E-state index in [-0.39, 0.29) is 17.7 Å². The number of carbonyl (C=O) groups is 2. The molecule has 0 unspecified atom stereocenters. The summed E-state index contributed by atoms with van der Waals surface area (Å²) in [7, 11) is 0. The zero-order valence-corrected chi connectivity index (χ0v) is 17.6. The normalized spacial score (nSPS) is 19.2. The van der Waals surface area contributed by atoms with Crippen LogP contribution in [-0.2, 0) is 11.2 Å². The van der Waals surface area contributed by atoms with Gasteiger partial charge in [-0.1, -0.05) is 43.4 Å². The molecule has 30 heavy (non-hydrogen) atoms. The summed E-state index contributed by atoms with van der Waals surface area (Å²) in [5, 5.41) is 6.20. The number of aryl methyl sites for hydroxylation is 1. The molecular weight excluding hydrogens is 376 g/mol. The Balaban J connectivity index is 1.40. The van der Waals surface area contributed by atoms with Crippen LogP contribution in [0.4, 0.5) is 5.69 Å². The highest BCUT2D eigenvalue weighted by Gasteiger charge is 2.28. The number of amides is 2. The highest BCUT2D eigenvalue weighted by Crippen LogP contribution is 2.30. The monoisotopic (exact) mass is 406 g/mol. The first-order chi connectivity index (χ1) is 14.6. The first kappa shape index (κ1) is 20.5. The van der Waals surface area contributed by atoms with Gasteiger partial charge in [-0.3, -0.25) is 9.59 Å². The predicted molar refractivity (Wildman–Crippen MR) is 118 cm³/mol. The van der Waals surface area contributed by atoms with E-state index in [0.717, 1.165) is 29.7 Å². The topological polar surface area (TPSA) is 67.4 Å². The molecule has 0 spiro atoms. The van der Waals surface area contributed by atoms with Crippen LogP contribution in [0.3, 0.4) is 0 Å². The van der Waals surface area contributed by atoms with Crippen molar-refractivity contribution < 1.29 is 14.3 Å². The lowest BCUT2D eigenvalue weighted by Gasteiger charge is -2.27. The zero-order valence-electron chi connectivity index (χ0n) is 17.6. The molecule has 1 aliphatic carbocycles. The molecule has 0 saturated heterocycles. The third-order valence-corrected chi connectivity index (χ3v) is 6.08. The van der Waals surface area contributed by atoms with Crippen LogP contribution in [0.5, 0.6) is 5.75 Å². The number of ether oxygens (including phenoxy) is 1. The number of nitrogens with one attached hydrogen (secondary N) is 2. The van der Waals surface area contributed by atoms with Gasteiger partial charge >= 0.3 is 0 Å². The maximum absolute atomic E-state index is 12.8. The molecule has 2 aliphatic rings. The average molecular weight is 407 g/mol. The van der Waals surface area contributed by atoms with Crippen LogP contribution in [-0.4, -0.2) is 24.5 Å². The smallest absolute Gasteiger partial charge is 0.255 e. The van der Waals surface area contributed by atoms with Gasteiger partial charge in [0.15, 0.2) is 0 Å². The van der Waals surface area contributed by atoms with E-state index in [9.17, 15) is 9.59 Å². The number of carbonyl (C=O) groups excluding carboxylic acids is 2. The summed E-state index contributed by atoms with van der Waals surface area (Å²) in [6.07, 6.45) is 7.70. The van der Waals surface area contributed by atoms with Gasteiger partial charge in [0.1, 0.15) is 12.4 Å². The molecule has 2 amide bonds. The molecular formula is C25H30N2O3. The molecule has 2 N–H and O–H groups in total. The quantitative estimate of drug-likeness (QED) is 0.727. The van der Waals surface area contributed by atoms with Crippen LogP contribution in [0.2, 0.25) is 0 Å². The van der Waals surface area contributed by atoms with Crippen LogP contribution >= 0.6 is 0 Å². The molecule has 1 heterocycles. The van der Waals surface area contributed by atoms with Gasteiger partial charge in [-0.25, -0.2) is 0 Å². The lowest BCUT2D eigenvalue weighted by atomic mass is 9.95. The highest BCUT2D eigenvalue weighted by atomic mass is 16.5. The number of anilines is 1. The molecule has 1 fully saturated rings. The minimum Gasteiger partial charge on any atom is -0.492 e. The Hall–Kier alpha value is -2.82. The van der Waals surface area contributed by atoms with Crippen molar-refractivity contribution in [1.29, 1.82) is 0 Å². The molecule has 1 saturated carbocycles. The first-order valence-electron chi connectivity index (χ1n) is 11.0. The standard InChI is InChI=1S/C25H30N2O3/c1-17-7-6-8-18(13-17)24(28)27-22-11-12-23-19(15-22)14-20(16-30-23)25(29)26-21-9-4-2-3-5-10-21/h6-8,11-13,15,20-21H,2-5,9-10,14,16H2,1H3,(H,26,29)(H,27,28)/t20-/m0/s1. The van der Waals surface area contributed by atoms with Crippen LogP contribution in [0.25, 0.3) is 0 Å². The number of rotatable bonds is 4. The van der Waals surface area contributed by atoms with Crippen molar-refractivity contribution in [3.8, 4) is 5.75 Å². The largest absolute Gasteiger partial charge is 0.492 e. The molecule has 2 aromatic rings. The zero-order chi connectivity index (χ0) is 20.9. The van der Waals surface area contributed by atoms with Crippen molar-refractivity contribution in [3.05, 3.63) is 59.2 Å². The molecule has 5 nitrogen and oxygen atoms in total. The summed E-state index contributed by atoms with van der Waals surface area (Å²) in [6, 6.07) is 13.5. The molecule has 0 bridgehead atoms. The molecule has 4 rings (SSSR count). The SMILES string of the molecule is Cc1cccc(C(=O)Nc2ccc3c(c2)C[C@H](C(=O)NC2CCCCCC2)CO3)c1. The maximum Gasteiger partial charge on any atom is 0.255 e. The van der Waals surface area contributed by atoms with Crippen molar-refractivity contribution in [2.24, 2.45) is 5.92 Å². The fourth-order valence-electron chi connectivity index (χ4n) is 4.37. The second kappa shape index (κ2) is 9.33. The second-order valence-corrected chi connectivity index (χ2v) is 8.56. The minimum absolute atomic E-state index is 0.0850. The van der Waals surface area contributed by atoms with Crippen LogP contribution in [0, 0.1) is 12.8 Å². The highest BCUT2D eigenvalue weighted by molar-refractivity contribution is 6.04. The average Bonchev–Trinajstić information content (AvgIpc) is 3.02. The number of fused-ring (bicyclic) bond motifs is 1. The second-order valence-electron chi connectivity index (χ2n) is 8.56. The maximum atomic E-state index is 12.8. The van der Waals surface area contributed by atoms with Gasteiger partial charge < -0.3 is 15.4 Å². The Morgan fingerprint density at radius 3 is 2.57 bits per heavy atom. The van der Waals surface area contributed by atoms with Crippen LogP contribution < -0.4 is 15.4 Å². The summed E-state index contributed by atoms with van der Waals surface area (Å²) in [4.78, 5) is 25.4. The molecule has 5 heteroatoms. The summed E-state index contributed by atoms with van der Waals surface area (Å²) >= 11 is 0. The van der Waals surface area contributed by atoms with E-state index in [0.29, 0.717) is 30.3 Å². The number of hydrogen-bond acceptors (Lipinski definition) is 3. The predicted octanol–water partition coefficient (Wildman–Crippen LogP) is 4.64. The Kier molecular flexibility index (Phi) is 6.36. The van der Waals surface area contributed by atoms with E-state index in [4.69, 9.17) is 4.74 Å². The van der Waals surface area contributed by atoms with Crippen molar-refractivity contribution in [2.45, 2.75) is 57.9 Å². The Labute approximate surface area is 178 Å². The summed E-state index contributed by atoms with van der Waals surface area (Å²) in [5.41, 5.74) is 3.35. The minimum atomic E-state index is -0.191. The van der Waals surface area contributed by atoms with E-state index in [2.05, 4.69) is 10.6 Å². The molecule has 2 aromatic carbocycles. The molecule has 1 atom stereocenters. The number of hydrogen-bond donors (Lipinski definition) is 2. The molecule has 0 radical (unpaired) electrons. The number of benzene rings is 2.